The number of aryl methyl sites for hydroxylation is 2. The average Bonchev–Trinajstić information content (AvgIpc) is 3.76. The molecule has 8 heteroatoms. The molecule has 3 aromatic carbocycles. The van der Waals surface area contributed by atoms with E-state index in [2.05, 4.69) is 47.6 Å². The quantitative estimate of drug-likeness (QED) is 0.0743. The van der Waals surface area contributed by atoms with Crippen molar-refractivity contribution in [2.75, 3.05) is 25.1 Å². The van der Waals surface area contributed by atoms with E-state index in [0.717, 1.165) is 64.7 Å². The summed E-state index contributed by atoms with van der Waals surface area (Å²) in [5.74, 6) is 1.54. The number of rotatable bonds is 16. The molecule has 5 rings (SSSR count). The van der Waals surface area contributed by atoms with Crippen LogP contribution in [-0.2, 0) is 33.0 Å². The van der Waals surface area contributed by atoms with E-state index < -0.39 is 11.2 Å². The van der Waals surface area contributed by atoms with Gasteiger partial charge in [0.05, 0.1) is 24.3 Å². The Labute approximate surface area is 282 Å². The van der Waals surface area contributed by atoms with Gasteiger partial charge in [-0.15, -0.1) is 0 Å². The molecule has 248 valence electrons. The molecule has 4 aromatic rings. The lowest BCUT2D eigenvalue weighted by Gasteiger charge is -2.15. The summed E-state index contributed by atoms with van der Waals surface area (Å²) < 4.78 is 26.5. The molecule has 0 radical (unpaired) electrons. The van der Waals surface area contributed by atoms with Gasteiger partial charge in [0.1, 0.15) is 12.4 Å². The molecule has 0 bridgehead atoms. The number of nitrogens with one attached hydrogen (secondary N) is 1. The predicted molar refractivity (Wildman–Crippen MR) is 191 cm³/mol. The number of unbranched alkanes of at least 4 members (excludes halogenated alkanes) is 1. The van der Waals surface area contributed by atoms with Crippen LogP contribution in [0.25, 0.3) is 17.2 Å². The minimum absolute atomic E-state index is 0.204. The second-order valence-corrected chi connectivity index (χ2v) is 13.5. The Hall–Kier alpha value is -3.85. The molecule has 1 atom stereocenters. The first kappa shape index (κ1) is 34.5. The van der Waals surface area contributed by atoms with Crippen LogP contribution in [0.2, 0.25) is 0 Å². The topological polar surface area (TPSA) is 88.4 Å². The van der Waals surface area contributed by atoms with Gasteiger partial charge in [-0.25, -0.2) is 4.98 Å². The van der Waals surface area contributed by atoms with E-state index in [1.54, 1.807) is 24.5 Å². The largest absolute Gasteiger partial charge is 0.611 e. The van der Waals surface area contributed by atoms with E-state index in [4.69, 9.17) is 9.47 Å². The third kappa shape index (κ3) is 9.60. The molecule has 1 N–H and O–H groups in total. The van der Waals surface area contributed by atoms with Crippen LogP contribution in [0.4, 0.5) is 5.69 Å². The zero-order valence-electron chi connectivity index (χ0n) is 27.9. The number of carbonyl (C=O) groups is 1. The van der Waals surface area contributed by atoms with Gasteiger partial charge in [0.25, 0.3) is 0 Å². The Bertz CT molecular complexity index is 1610. The highest BCUT2D eigenvalue weighted by molar-refractivity contribution is 7.90. The molecule has 47 heavy (non-hydrogen) atoms. The number of hydrogen-bond donors (Lipinski definition) is 1. The van der Waals surface area contributed by atoms with Crippen molar-refractivity contribution in [3.05, 3.63) is 102 Å². The molecule has 1 aliphatic carbocycles. The van der Waals surface area contributed by atoms with Gasteiger partial charge in [-0.05, 0) is 121 Å². The average molecular weight is 654 g/mol. The second-order valence-electron chi connectivity index (χ2n) is 12.1. The highest BCUT2D eigenvalue weighted by Crippen LogP contribution is 2.38. The van der Waals surface area contributed by atoms with E-state index in [-0.39, 0.29) is 5.91 Å². The number of ether oxygens (including phenoxy) is 2. The predicted octanol–water partition coefficient (Wildman–Crippen LogP) is 8.69. The number of amides is 1. The summed E-state index contributed by atoms with van der Waals surface area (Å²) in [5, 5.41) is 2.96. The van der Waals surface area contributed by atoms with Gasteiger partial charge < -0.3 is 23.9 Å². The number of carbonyl (C=O) groups excluding carboxylic acids is 1. The van der Waals surface area contributed by atoms with Gasteiger partial charge >= 0.3 is 0 Å². The molecule has 0 spiro atoms. The van der Waals surface area contributed by atoms with Gasteiger partial charge in [-0.3, -0.25) is 4.79 Å². The minimum atomic E-state index is -1.21. The van der Waals surface area contributed by atoms with Gasteiger partial charge in [0.15, 0.2) is 10.6 Å². The minimum Gasteiger partial charge on any atom is -0.611 e. The van der Waals surface area contributed by atoms with Crippen molar-refractivity contribution in [3.63, 3.8) is 0 Å². The van der Waals surface area contributed by atoms with Crippen molar-refractivity contribution >= 4 is 28.8 Å². The fourth-order valence-corrected chi connectivity index (χ4v) is 7.26. The smallest absolute Gasteiger partial charge is 0.248 e. The summed E-state index contributed by atoms with van der Waals surface area (Å²) in [4.78, 5) is 18.1. The van der Waals surface area contributed by atoms with Crippen LogP contribution in [0, 0.1) is 6.92 Å². The maximum absolute atomic E-state index is 13.1. The summed E-state index contributed by atoms with van der Waals surface area (Å²) in [6.07, 6.45) is 12.4. The summed E-state index contributed by atoms with van der Waals surface area (Å²) in [7, 11) is 0. The molecule has 1 heterocycles. The molecule has 7 nitrogen and oxygen atoms in total. The first-order valence-corrected chi connectivity index (χ1v) is 18.2. The van der Waals surface area contributed by atoms with Crippen LogP contribution >= 0.6 is 0 Å². The number of aromatic nitrogens is 2. The molecule has 1 aromatic heterocycles. The normalized spacial score (nSPS) is 14.1. The second kappa shape index (κ2) is 17.3. The maximum atomic E-state index is 13.1. The van der Waals surface area contributed by atoms with Crippen LogP contribution in [-0.4, -0.2) is 39.8 Å². The van der Waals surface area contributed by atoms with Crippen molar-refractivity contribution in [2.45, 2.75) is 82.4 Å². The lowest BCUT2D eigenvalue weighted by molar-refractivity contribution is -0.111. The van der Waals surface area contributed by atoms with Crippen molar-refractivity contribution in [2.24, 2.45) is 0 Å². The van der Waals surface area contributed by atoms with Crippen LogP contribution in [0.1, 0.15) is 80.8 Å². The Morgan fingerprint density at radius 1 is 1.00 bits per heavy atom. The van der Waals surface area contributed by atoms with Gasteiger partial charge in [-0.1, -0.05) is 50.5 Å². The Balaban J connectivity index is 1.22. The van der Waals surface area contributed by atoms with Crippen LogP contribution in [0.3, 0.4) is 0 Å². The number of benzene rings is 3. The van der Waals surface area contributed by atoms with Crippen molar-refractivity contribution in [1.82, 2.24) is 9.55 Å². The summed E-state index contributed by atoms with van der Waals surface area (Å²) in [6, 6.07) is 22.0. The fourth-order valence-electron chi connectivity index (χ4n) is 6.03. The van der Waals surface area contributed by atoms with Crippen LogP contribution < -0.4 is 10.1 Å². The molecule has 1 fully saturated rings. The van der Waals surface area contributed by atoms with Crippen LogP contribution in [0.15, 0.2) is 84.0 Å². The zero-order valence-corrected chi connectivity index (χ0v) is 28.7. The van der Waals surface area contributed by atoms with Crippen molar-refractivity contribution in [3.8, 4) is 16.9 Å². The lowest BCUT2D eigenvalue weighted by Crippen LogP contribution is -2.11. The number of imidazole rings is 1. The Morgan fingerprint density at radius 3 is 2.47 bits per heavy atom. The molecule has 1 amide bonds. The van der Waals surface area contributed by atoms with E-state index in [1.165, 1.54) is 31.2 Å². The molecular formula is C39H47N3O4S. The number of nitrogens with zero attached hydrogens (tertiary/aromatic N) is 2. The number of hydrogen-bond acceptors (Lipinski definition) is 5. The lowest BCUT2D eigenvalue weighted by atomic mass is 9.90. The Kier molecular flexibility index (Phi) is 12.7. The first-order valence-electron chi connectivity index (χ1n) is 16.9. The van der Waals surface area contributed by atoms with Crippen molar-refractivity contribution in [1.29, 1.82) is 0 Å². The number of anilines is 1. The van der Waals surface area contributed by atoms with Crippen LogP contribution in [0.5, 0.6) is 5.75 Å². The summed E-state index contributed by atoms with van der Waals surface area (Å²) >= 11 is -1.21. The molecule has 0 saturated heterocycles. The summed E-state index contributed by atoms with van der Waals surface area (Å²) in [5.41, 5.74) is 7.11. The monoisotopic (exact) mass is 653 g/mol. The van der Waals surface area contributed by atoms with E-state index in [0.29, 0.717) is 30.6 Å². The van der Waals surface area contributed by atoms with E-state index >= 15 is 0 Å². The Morgan fingerprint density at radius 2 is 1.74 bits per heavy atom. The third-order valence-corrected chi connectivity index (χ3v) is 10.1. The third-order valence-electron chi connectivity index (χ3n) is 8.77. The standard InChI is InChI=1S/C39H47N3O4S/c1-4-6-23-45-24-25-46-35-17-11-30(12-18-35)32-13-21-37(31-9-7-8-10-31)33(26-32)14-22-39(43)41-34-15-19-36(20-16-34)47(44)27-38-29(3)40-28-42(38)5-2/h11-22,26,28,31H,4-10,23-25,27H2,1-3H3,(H,41,43)/b22-14+/t47-/m1/s1. The molecule has 0 aliphatic heterocycles. The van der Waals surface area contributed by atoms with Gasteiger partial charge in [-0.2, -0.15) is 0 Å². The van der Waals surface area contributed by atoms with E-state index in [9.17, 15) is 9.35 Å². The van der Waals surface area contributed by atoms with Gasteiger partial charge in [0.2, 0.25) is 5.91 Å². The summed E-state index contributed by atoms with van der Waals surface area (Å²) in [6.45, 7) is 8.83. The molecule has 1 aliphatic rings. The molecule has 1 saturated carbocycles. The zero-order chi connectivity index (χ0) is 33.0. The van der Waals surface area contributed by atoms with Gasteiger partial charge in [0, 0.05) is 24.9 Å². The highest BCUT2D eigenvalue weighted by atomic mass is 32.2. The molecular weight excluding hydrogens is 607 g/mol. The highest BCUT2D eigenvalue weighted by Gasteiger charge is 2.20. The van der Waals surface area contributed by atoms with E-state index in [1.807, 2.05) is 48.8 Å². The SMILES string of the molecule is CCCCOCCOc1ccc(-c2ccc(C3CCCC3)c(/C=C/C(=O)Nc3ccc([S@+]([O-])Cc4c(C)ncn4CC)cc3)c2)cc1. The first-order chi connectivity index (χ1) is 22.9. The molecule has 0 unspecified atom stereocenters. The maximum Gasteiger partial charge on any atom is 0.248 e. The fraction of sp³-hybridized carbons (Fsp3) is 0.385. The van der Waals surface area contributed by atoms with Crippen molar-refractivity contribution < 1.29 is 18.8 Å².